The van der Waals surface area contributed by atoms with Crippen molar-refractivity contribution < 1.29 is 13.9 Å². The fraction of sp³-hybridized carbons (Fsp3) is 0.462. The second-order valence-electron chi connectivity index (χ2n) is 8.96. The summed E-state index contributed by atoms with van der Waals surface area (Å²) < 4.78 is 11.4. The molecule has 5 rings (SSSR count). The van der Waals surface area contributed by atoms with Crippen LogP contribution in [0.15, 0.2) is 58.2 Å². The van der Waals surface area contributed by atoms with Crippen LogP contribution in [-0.4, -0.2) is 54.2 Å². The highest BCUT2D eigenvalue weighted by molar-refractivity contribution is 7.98. The maximum Gasteiger partial charge on any atom is 0.257 e. The number of thioether (sulfide) groups is 1. The summed E-state index contributed by atoms with van der Waals surface area (Å²) in [4.78, 5) is 20.4. The summed E-state index contributed by atoms with van der Waals surface area (Å²) in [5.41, 5.74) is 3.42. The molecule has 1 aliphatic carbocycles. The van der Waals surface area contributed by atoms with E-state index >= 15 is 0 Å². The number of aromatic nitrogens is 1. The summed E-state index contributed by atoms with van der Waals surface area (Å²) in [6, 6.07) is 15.6. The number of carbonyl (C=O) groups excluding carboxylic acids is 1. The van der Waals surface area contributed by atoms with E-state index in [4.69, 9.17) is 9.15 Å². The number of hydrogen-bond donors (Lipinski definition) is 1. The maximum absolute atomic E-state index is 13.3. The molecule has 174 valence electrons. The first-order valence-corrected chi connectivity index (χ1v) is 12.9. The van der Waals surface area contributed by atoms with Crippen molar-refractivity contribution in [2.75, 3.05) is 32.8 Å². The number of ether oxygens (including phenoxy) is 1. The molecular formula is C26H31N3O3S. The quantitative estimate of drug-likeness (QED) is 0.502. The Morgan fingerprint density at radius 1 is 1.03 bits per heavy atom. The van der Waals surface area contributed by atoms with E-state index in [-0.39, 0.29) is 11.4 Å². The molecule has 6 nitrogen and oxygen atoms in total. The predicted octanol–water partition coefficient (Wildman–Crippen LogP) is 4.89. The first kappa shape index (κ1) is 22.4. The molecule has 0 spiro atoms. The number of amides is 1. The monoisotopic (exact) mass is 465 g/mol. The number of oxazole rings is 1. The molecule has 1 amide bonds. The zero-order valence-corrected chi connectivity index (χ0v) is 19.7. The molecule has 2 aromatic carbocycles. The lowest BCUT2D eigenvalue weighted by Gasteiger charge is -2.48. The zero-order chi connectivity index (χ0) is 22.5. The molecule has 1 aliphatic heterocycles. The van der Waals surface area contributed by atoms with E-state index in [2.05, 4.69) is 15.2 Å². The van der Waals surface area contributed by atoms with Crippen LogP contribution in [0.25, 0.3) is 11.1 Å². The highest BCUT2D eigenvalue weighted by Crippen LogP contribution is 2.34. The molecule has 2 fully saturated rings. The Balaban J connectivity index is 1.26. The van der Waals surface area contributed by atoms with Gasteiger partial charge in [0.1, 0.15) is 5.52 Å². The third kappa shape index (κ3) is 5.10. The molecule has 2 aliphatic rings. The van der Waals surface area contributed by atoms with Crippen molar-refractivity contribution >= 4 is 28.8 Å². The van der Waals surface area contributed by atoms with Crippen LogP contribution in [0, 0.1) is 0 Å². The van der Waals surface area contributed by atoms with Gasteiger partial charge in [0.05, 0.1) is 13.2 Å². The third-order valence-corrected chi connectivity index (χ3v) is 7.81. The first-order valence-electron chi connectivity index (χ1n) is 11.9. The Labute approximate surface area is 199 Å². The van der Waals surface area contributed by atoms with Crippen molar-refractivity contribution in [1.29, 1.82) is 0 Å². The Kier molecular flexibility index (Phi) is 6.99. The second-order valence-corrected chi connectivity index (χ2v) is 9.89. The number of fused-ring (bicyclic) bond motifs is 1. The molecule has 1 saturated heterocycles. The van der Waals surface area contributed by atoms with Crippen molar-refractivity contribution in [3.8, 4) is 0 Å². The minimum Gasteiger partial charge on any atom is -0.431 e. The summed E-state index contributed by atoms with van der Waals surface area (Å²) in [5, 5.41) is 3.92. The molecule has 3 aromatic rings. The van der Waals surface area contributed by atoms with Crippen LogP contribution in [0.2, 0.25) is 0 Å². The van der Waals surface area contributed by atoms with Crippen molar-refractivity contribution in [1.82, 2.24) is 15.2 Å². The second kappa shape index (κ2) is 10.3. The van der Waals surface area contributed by atoms with Crippen molar-refractivity contribution in [2.24, 2.45) is 0 Å². The standard InChI is InChI=1S/C26H31N3O3S/c30-24(27-19-26(12-6-1-7-13-26)29-14-16-31-17-15-29)21-9-3-2-8-20(21)18-33-25-28-22-10-4-5-11-23(22)32-25/h2-5,8-11H,1,6-7,12-19H2,(H,27,30). The van der Waals surface area contributed by atoms with Crippen LogP contribution in [-0.2, 0) is 10.5 Å². The highest BCUT2D eigenvalue weighted by Gasteiger charge is 2.38. The number of benzene rings is 2. The summed E-state index contributed by atoms with van der Waals surface area (Å²) in [6.45, 7) is 4.16. The van der Waals surface area contributed by atoms with Gasteiger partial charge in [-0.2, -0.15) is 0 Å². The van der Waals surface area contributed by atoms with Crippen LogP contribution in [0.5, 0.6) is 0 Å². The fourth-order valence-corrected chi connectivity index (χ4v) is 5.95. The number of nitrogens with one attached hydrogen (secondary N) is 1. The van der Waals surface area contributed by atoms with Gasteiger partial charge in [-0.05, 0) is 36.6 Å². The Bertz CT molecular complexity index is 1050. The van der Waals surface area contributed by atoms with Crippen LogP contribution in [0.4, 0.5) is 0 Å². The number of carbonyl (C=O) groups is 1. The van der Waals surface area contributed by atoms with Gasteiger partial charge in [0.15, 0.2) is 5.58 Å². The number of hydrogen-bond acceptors (Lipinski definition) is 6. The molecule has 1 saturated carbocycles. The fourth-order valence-electron chi connectivity index (χ4n) is 5.11. The van der Waals surface area contributed by atoms with E-state index < -0.39 is 0 Å². The van der Waals surface area contributed by atoms with Gasteiger partial charge in [0, 0.05) is 36.5 Å². The summed E-state index contributed by atoms with van der Waals surface area (Å²) in [6.07, 6.45) is 6.02. The lowest BCUT2D eigenvalue weighted by Crippen LogP contribution is -2.59. The molecule has 0 unspecified atom stereocenters. The molecule has 1 N–H and O–H groups in total. The SMILES string of the molecule is O=C(NCC1(N2CCOCC2)CCCCC1)c1ccccc1CSc1nc2ccccc2o1. The van der Waals surface area contributed by atoms with Gasteiger partial charge < -0.3 is 14.5 Å². The number of nitrogens with zero attached hydrogens (tertiary/aromatic N) is 2. The Hall–Kier alpha value is -2.35. The summed E-state index contributed by atoms with van der Waals surface area (Å²) in [5.74, 6) is 0.632. The first-order chi connectivity index (χ1) is 16.2. The lowest BCUT2D eigenvalue weighted by molar-refractivity contribution is -0.0361. The van der Waals surface area contributed by atoms with Gasteiger partial charge >= 0.3 is 0 Å². The van der Waals surface area contributed by atoms with Crippen LogP contribution < -0.4 is 5.32 Å². The maximum atomic E-state index is 13.3. The van der Waals surface area contributed by atoms with Gasteiger partial charge in [-0.15, -0.1) is 0 Å². The van der Waals surface area contributed by atoms with Crippen LogP contribution in [0.1, 0.15) is 48.0 Å². The van der Waals surface area contributed by atoms with E-state index in [0.717, 1.165) is 61.4 Å². The summed E-state index contributed by atoms with van der Waals surface area (Å²) >= 11 is 1.52. The van der Waals surface area contributed by atoms with Crippen molar-refractivity contribution in [3.63, 3.8) is 0 Å². The average molecular weight is 466 g/mol. The molecule has 0 atom stereocenters. The smallest absolute Gasteiger partial charge is 0.257 e. The van der Waals surface area contributed by atoms with Crippen LogP contribution in [0.3, 0.4) is 0 Å². The average Bonchev–Trinajstić information content (AvgIpc) is 3.30. The van der Waals surface area contributed by atoms with Crippen molar-refractivity contribution in [2.45, 2.75) is 48.6 Å². The summed E-state index contributed by atoms with van der Waals surface area (Å²) in [7, 11) is 0. The zero-order valence-electron chi connectivity index (χ0n) is 18.9. The minimum absolute atomic E-state index is 0.00183. The van der Waals surface area contributed by atoms with Crippen LogP contribution >= 0.6 is 11.8 Å². The van der Waals surface area contributed by atoms with E-state index in [1.165, 1.54) is 31.0 Å². The molecule has 1 aromatic heterocycles. The normalized spacial score (nSPS) is 18.9. The molecule has 7 heteroatoms. The van der Waals surface area contributed by atoms with Gasteiger partial charge in [-0.3, -0.25) is 9.69 Å². The minimum atomic E-state index is 0.00183. The predicted molar refractivity (Wildman–Crippen MR) is 131 cm³/mol. The number of rotatable bonds is 7. The van der Waals surface area contributed by atoms with E-state index in [0.29, 0.717) is 17.5 Å². The molecule has 2 heterocycles. The highest BCUT2D eigenvalue weighted by atomic mass is 32.2. The molecule has 0 radical (unpaired) electrons. The Morgan fingerprint density at radius 2 is 1.79 bits per heavy atom. The van der Waals surface area contributed by atoms with Gasteiger partial charge in [0.25, 0.3) is 11.1 Å². The molecule has 0 bridgehead atoms. The Morgan fingerprint density at radius 3 is 2.61 bits per heavy atom. The number of morpholine rings is 1. The topological polar surface area (TPSA) is 67.6 Å². The van der Waals surface area contributed by atoms with Crippen molar-refractivity contribution in [3.05, 3.63) is 59.7 Å². The molecule has 33 heavy (non-hydrogen) atoms. The van der Waals surface area contributed by atoms with E-state index in [1.54, 1.807) is 0 Å². The van der Waals surface area contributed by atoms with Gasteiger partial charge in [-0.25, -0.2) is 4.98 Å². The largest absolute Gasteiger partial charge is 0.431 e. The van der Waals surface area contributed by atoms with E-state index in [9.17, 15) is 4.79 Å². The third-order valence-electron chi connectivity index (χ3n) is 6.93. The van der Waals surface area contributed by atoms with Gasteiger partial charge in [-0.1, -0.05) is 61.4 Å². The number of para-hydroxylation sites is 2. The lowest BCUT2D eigenvalue weighted by atomic mass is 9.79. The van der Waals surface area contributed by atoms with Gasteiger partial charge in [0.2, 0.25) is 0 Å². The van der Waals surface area contributed by atoms with E-state index in [1.807, 2.05) is 48.5 Å². The molecular weight excluding hydrogens is 434 g/mol.